The summed E-state index contributed by atoms with van der Waals surface area (Å²) in [4.78, 5) is 11.7. The molecule has 1 atom stereocenters. The minimum absolute atomic E-state index is 0.424. The van der Waals surface area contributed by atoms with Crippen molar-refractivity contribution in [2.75, 3.05) is 13.1 Å². The lowest BCUT2D eigenvalue weighted by Crippen LogP contribution is -2.46. The largest absolute Gasteiger partial charge is 0.369 e. The molecule has 2 aromatic carbocycles. The summed E-state index contributed by atoms with van der Waals surface area (Å²) >= 11 is 3.55. The van der Waals surface area contributed by atoms with E-state index in [1.807, 2.05) is 41.3 Å². The maximum absolute atomic E-state index is 11.9. The zero-order valence-electron chi connectivity index (χ0n) is 16.1. The number of nitrogens with two attached hydrogens (primary N) is 1. The van der Waals surface area contributed by atoms with Crippen LogP contribution in [-0.4, -0.2) is 42.8 Å². The first-order chi connectivity index (χ1) is 14.3. The predicted octanol–water partition coefficient (Wildman–Crippen LogP) is 3.00. The molecule has 3 N–H and O–H groups in total. The van der Waals surface area contributed by atoms with Gasteiger partial charge in [0.1, 0.15) is 10.6 Å². The van der Waals surface area contributed by atoms with E-state index < -0.39 is 20.4 Å². The third-order valence-corrected chi connectivity index (χ3v) is 8.33. The van der Waals surface area contributed by atoms with Crippen molar-refractivity contribution in [1.82, 2.24) is 4.90 Å². The Morgan fingerprint density at radius 3 is 2.40 bits per heavy atom. The predicted molar refractivity (Wildman–Crippen MR) is 119 cm³/mol. The third kappa shape index (κ3) is 2.75. The number of hydrogen-bond acceptors (Lipinski definition) is 6. The average Bonchev–Trinajstić information content (AvgIpc) is 3.49. The van der Waals surface area contributed by atoms with Gasteiger partial charge in [-0.25, -0.2) is 4.99 Å². The molecule has 0 saturated heterocycles. The molecule has 0 radical (unpaired) electrons. The lowest BCUT2D eigenvalue weighted by atomic mass is 9.81. The van der Waals surface area contributed by atoms with E-state index in [0.717, 1.165) is 34.4 Å². The van der Waals surface area contributed by atoms with Gasteiger partial charge >= 0.3 is 0 Å². The second-order valence-electron chi connectivity index (χ2n) is 7.95. The molecule has 1 aliphatic carbocycles. The molecule has 0 aromatic heterocycles. The minimum atomic E-state index is -4.16. The second kappa shape index (κ2) is 6.63. The van der Waals surface area contributed by atoms with E-state index >= 15 is 0 Å². The molecular formula is C21H21BrN4O3S. The van der Waals surface area contributed by atoms with Crippen LogP contribution in [0.15, 0.2) is 63.0 Å². The van der Waals surface area contributed by atoms with Gasteiger partial charge in [0.25, 0.3) is 10.1 Å². The highest BCUT2D eigenvalue weighted by Crippen LogP contribution is 2.52. The van der Waals surface area contributed by atoms with Crippen LogP contribution in [-0.2, 0) is 20.4 Å². The number of benzene rings is 2. The molecule has 5 rings (SSSR count). The van der Waals surface area contributed by atoms with Crippen molar-refractivity contribution in [3.63, 3.8) is 0 Å². The summed E-state index contributed by atoms with van der Waals surface area (Å²) in [6, 6.07) is 15.2. The molecule has 2 aromatic rings. The molecule has 1 unspecified atom stereocenters. The molecule has 3 aliphatic rings. The molecule has 0 spiro atoms. The quantitative estimate of drug-likeness (QED) is 0.642. The van der Waals surface area contributed by atoms with Gasteiger partial charge in [0, 0.05) is 17.6 Å². The first kappa shape index (κ1) is 19.7. The molecule has 0 amide bonds. The zero-order valence-corrected chi connectivity index (χ0v) is 18.5. The van der Waals surface area contributed by atoms with Gasteiger partial charge in [-0.3, -0.25) is 14.4 Å². The molecule has 7 nitrogen and oxygen atoms in total. The van der Waals surface area contributed by atoms with Crippen LogP contribution in [0.4, 0.5) is 0 Å². The Hall–Kier alpha value is -2.23. The fraction of sp³-hybridized carbons (Fsp3) is 0.333. The zero-order chi connectivity index (χ0) is 21.1. The lowest BCUT2D eigenvalue weighted by molar-refractivity contribution is 0.465. The number of guanidine groups is 1. The van der Waals surface area contributed by atoms with Crippen LogP contribution in [0.25, 0.3) is 0 Å². The van der Waals surface area contributed by atoms with Crippen molar-refractivity contribution in [2.45, 2.75) is 29.5 Å². The van der Waals surface area contributed by atoms with Crippen molar-refractivity contribution >= 4 is 37.8 Å². The highest BCUT2D eigenvalue weighted by molar-refractivity contribution is 9.10. The summed E-state index contributed by atoms with van der Waals surface area (Å²) in [6.07, 6.45) is 1.76. The molecule has 1 fully saturated rings. The molecule has 1 saturated carbocycles. The van der Waals surface area contributed by atoms with E-state index in [4.69, 9.17) is 15.7 Å². The van der Waals surface area contributed by atoms with Crippen LogP contribution in [0.5, 0.6) is 0 Å². The Bertz CT molecular complexity index is 1190. The Morgan fingerprint density at radius 1 is 1.07 bits per heavy atom. The average molecular weight is 489 g/mol. The van der Waals surface area contributed by atoms with E-state index in [0.29, 0.717) is 30.9 Å². The molecule has 156 valence electrons. The van der Waals surface area contributed by atoms with Gasteiger partial charge in [0.05, 0.1) is 0 Å². The first-order valence-electron chi connectivity index (χ1n) is 9.80. The summed E-state index contributed by atoms with van der Waals surface area (Å²) in [6.45, 7) is 1.46. The van der Waals surface area contributed by atoms with Crippen molar-refractivity contribution in [2.24, 2.45) is 15.7 Å². The number of aliphatic imine (C=N–C) groups is 2. The smallest absolute Gasteiger partial charge is 0.274 e. The van der Waals surface area contributed by atoms with Crippen LogP contribution < -0.4 is 5.73 Å². The number of rotatable bonds is 4. The lowest BCUT2D eigenvalue weighted by Gasteiger charge is -2.33. The first-order valence-corrected chi connectivity index (χ1v) is 12.0. The van der Waals surface area contributed by atoms with Crippen molar-refractivity contribution in [1.29, 1.82) is 0 Å². The van der Waals surface area contributed by atoms with E-state index in [1.54, 1.807) is 12.1 Å². The summed E-state index contributed by atoms with van der Waals surface area (Å²) in [5.74, 6) is 1.21. The van der Waals surface area contributed by atoms with E-state index in [9.17, 15) is 13.0 Å². The van der Waals surface area contributed by atoms with Gasteiger partial charge in [-0.1, -0.05) is 52.3 Å². The fourth-order valence-corrected chi connectivity index (χ4v) is 5.96. The van der Waals surface area contributed by atoms with Gasteiger partial charge < -0.3 is 5.73 Å². The summed E-state index contributed by atoms with van der Waals surface area (Å²) in [5.41, 5.74) is 7.78. The highest BCUT2D eigenvalue weighted by atomic mass is 79.9. The van der Waals surface area contributed by atoms with Crippen molar-refractivity contribution < 1.29 is 13.0 Å². The van der Waals surface area contributed by atoms with Crippen LogP contribution in [0.3, 0.4) is 0 Å². The number of amidine groups is 1. The van der Waals surface area contributed by atoms with Crippen LogP contribution in [0.2, 0.25) is 0 Å². The molecule has 0 bridgehead atoms. The van der Waals surface area contributed by atoms with E-state index in [-0.39, 0.29) is 0 Å². The summed E-state index contributed by atoms with van der Waals surface area (Å²) < 4.78 is 33.2. The SMILES string of the molecule is NC1=NC(c2ccc(C3(S(=O)(=O)O)CC3)cc2)(c2cccc(Br)c2)C2=NCCCN12. The second-order valence-corrected chi connectivity index (χ2v) is 10.6. The number of nitrogens with zero attached hydrogens (tertiary/aromatic N) is 3. The van der Waals surface area contributed by atoms with E-state index in [2.05, 4.69) is 15.9 Å². The molecule has 2 aliphatic heterocycles. The van der Waals surface area contributed by atoms with Gasteiger partial charge in [-0.15, -0.1) is 0 Å². The fourth-order valence-electron chi connectivity index (χ4n) is 4.51. The van der Waals surface area contributed by atoms with Crippen LogP contribution >= 0.6 is 15.9 Å². The number of hydrogen-bond donors (Lipinski definition) is 2. The topological polar surface area (TPSA) is 108 Å². The maximum atomic E-state index is 11.9. The minimum Gasteiger partial charge on any atom is -0.369 e. The molecular weight excluding hydrogens is 468 g/mol. The van der Waals surface area contributed by atoms with Gasteiger partial charge in [-0.05, 0) is 48.1 Å². The highest BCUT2D eigenvalue weighted by Gasteiger charge is 2.56. The molecule has 30 heavy (non-hydrogen) atoms. The Morgan fingerprint density at radius 2 is 1.77 bits per heavy atom. The van der Waals surface area contributed by atoms with Crippen LogP contribution in [0.1, 0.15) is 36.0 Å². The third-order valence-electron chi connectivity index (χ3n) is 6.21. The van der Waals surface area contributed by atoms with Crippen molar-refractivity contribution in [3.8, 4) is 0 Å². The van der Waals surface area contributed by atoms with Gasteiger partial charge in [0.15, 0.2) is 11.5 Å². The number of fused-ring (bicyclic) bond motifs is 1. The van der Waals surface area contributed by atoms with Gasteiger partial charge in [-0.2, -0.15) is 8.42 Å². The van der Waals surface area contributed by atoms with E-state index in [1.165, 1.54) is 0 Å². The van der Waals surface area contributed by atoms with Gasteiger partial charge in [0.2, 0.25) is 0 Å². The number of halogens is 1. The Balaban J connectivity index is 1.69. The molecule has 9 heteroatoms. The van der Waals surface area contributed by atoms with Crippen LogP contribution in [0, 0.1) is 0 Å². The summed E-state index contributed by atoms with van der Waals surface area (Å²) in [7, 11) is -4.16. The maximum Gasteiger partial charge on any atom is 0.274 e. The standard InChI is InChI=1S/C21H21BrN4O3S/c22-17-4-1-3-16(13-17)21(18-24-11-2-12-26(18)19(23)25-21)15-7-5-14(6-8-15)20(9-10-20)30(27,28)29/h1,3-8,13H,2,9-12H2,(H2,23,25)(H,27,28,29). The Labute approximate surface area is 183 Å². The Kier molecular flexibility index (Phi) is 4.36. The monoisotopic (exact) mass is 488 g/mol. The van der Waals surface area contributed by atoms with Crippen molar-refractivity contribution in [3.05, 3.63) is 69.7 Å². The normalized spacial score (nSPS) is 24.8. The molecule has 2 heterocycles. The summed E-state index contributed by atoms with van der Waals surface area (Å²) in [5, 5.41) is 0.